The second-order valence-electron chi connectivity index (χ2n) is 3.51. The van der Waals surface area contributed by atoms with Gasteiger partial charge in [0.15, 0.2) is 0 Å². The van der Waals surface area contributed by atoms with Gasteiger partial charge in [-0.3, -0.25) is 4.79 Å². The highest BCUT2D eigenvalue weighted by atomic mass is 35.5. The number of hydrogen-bond donors (Lipinski definition) is 0. The number of alkyl halides is 3. The van der Waals surface area contributed by atoms with Gasteiger partial charge >= 0.3 is 5.97 Å². The van der Waals surface area contributed by atoms with Crippen LogP contribution in [-0.4, -0.2) is 13.1 Å². The number of nitriles is 1. The van der Waals surface area contributed by atoms with E-state index in [1.165, 1.54) is 13.2 Å². The van der Waals surface area contributed by atoms with Crippen LogP contribution in [0.4, 0.5) is 8.78 Å². The summed E-state index contributed by atoms with van der Waals surface area (Å²) in [6, 6.07) is 4.28. The Balaban J connectivity index is 3.30. The average Bonchev–Trinajstić information content (AvgIpc) is 2.37. The number of nitrogens with zero attached hydrogens (tertiary/aromatic N) is 1. The van der Waals surface area contributed by atoms with Crippen molar-refractivity contribution in [2.75, 3.05) is 7.11 Å². The van der Waals surface area contributed by atoms with Gasteiger partial charge in [0, 0.05) is 11.4 Å². The van der Waals surface area contributed by atoms with E-state index >= 15 is 0 Å². The van der Waals surface area contributed by atoms with Crippen LogP contribution < -0.4 is 0 Å². The third-order valence-corrected chi connectivity index (χ3v) is 2.71. The zero-order valence-electron chi connectivity index (χ0n) is 9.54. The molecular formula is C12H10ClF2NO2. The number of hydrogen-bond acceptors (Lipinski definition) is 3. The molecule has 0 radical (unpaired) electrons. The number of rotatable bonds is 4. The summed E-state index contributed by atoms with van der Waals surface area (Å²) in [4.78, 5) is 11.1. The molecule has 0 fully saturated rings. The SMILES string of the molecule is COC(=O)Cc1cc(C#N)c(CCl)cc1C(F)F. The molecule has 0 aliphatic heterocycles. The average molecular weight is 274 g/mol. The molecule has 3 nitrogen and oxygen atoms in total. The number of esters is 1. The second kappa shape index (κ2) is 6.31. The van der Waals surface area contributed by atoms with Crippen molar-refractivity contribution in [3.05, 3.63) is 34.4 Å². The lowest BCUT2D eigenvalue weighted by atomic mass is 9.98. The van der Waals surface area contributed by atoms with E-state index in [1.807, 2.05) is 6.07 Å². The van der Waals surface area contributed by atoms with Crippen LogP contribution >= 0.6 is 11.6 Å². The van der Waals surface area contributed by atoms with Crippen LogP contribution in [0.25, 0.3) is 0 Å². The largest absolute Gasteiger partial charge is 0.469 e. The fraction of sp³-hybridized carbons (Fsp3) is 0.333. The Labute approximate surface area is 108 Å². The summed E-state index contributed by atoms with van der Waals surface area (Å²) in [6.07, 6.45) is -3.03. The topological polar surface area (TPSA) is 50.1 Å². The maximum Gasteiger partial charge on any atom is 0.309 e. The van der Waals surface area contributed by atoms with Crippen molar-refractivity contribution < 1.29 is 18.3 Å². The van der Waals surface area contributed by atoms with E-state index in [1.54, 1.807) is 0 Å². The maximum absolute atomic E-state index is 12.9. The number of carbonyl (C=O) groups excluding carboxylic acids is 1. The molecule has 1 aromatic rings. The van der Waals surface area contributed by atoms with Gasteiger partial charge in [-0.15, -0.1) is 11.6 Å². The van der Waals surface area contributed by atoms with Crippen molar-refractivity contribution >= 4 is 17.6 Å². The molecule has 1 aromatic carbocycles. The third-order valence-electron chi connectivity index (χ3n) is 2.43. The Morgan fingerprint density at radius 1 is 1.50 bits per heavy atom. The first-order valence-electron chi connectivity index (χ1n) is 5.00. The lowest BCUT2D eigenvalue weighted by Crippen LogP contribution is -2.08. The van der Waals surface area contributed by atoms with E-state index in [0.29, 0.717) is 5.56 Å². The summed E-state index contributed by atoms with van der Waals surface area (Å²) in [5.41, 5.74) is 0.300. The highest BCUT2D eigenvalue weighted by Gasteiger charge is 2.18. The highest BCUT2D eigenvalue weighted by Crippen LogP contribution is 2.27. The number of methoxy groups -OCH3 is 1. The summed E-state index contributed by atoms with van der Waals surface area (Å²) >= 11 is 5.59. The summed E-state index contributed by atoms with van der Waals surface area (Å²) in [5, 5.41) is 8.88. The minimum Gasteiger partial charge on any atom is -0.469 e. The molecule has 0 bridgehead atoms. The van der Waals surface area contributed by atoms with Crippen molar-refractivity contribution in [3.8, 4) is 6.07 Å². The monoisotopic (exact) mass is 273 g/mol. The van der Waals surface area contributed by atoms with E-state index in [-0.39, 0.29) is 29.0 Å². The van der Waals surface area contributed by atoms with Crippen molar-refractivity contribution in [1.29, 1.82) is 5.26 Å². The van der Waals surface area contributed by atoms with Gasteiger partial charge in [-0.2, -0.15) is 5.26 Å². The number of carbonyl (C=O) groups is 1. The van der Waals surface area contributed by atoms with Crippen LogP contribution in [0.3, 0.4) is 0 Å². The van der Waals surface area contributed by atoms with Gasteiger partial charge in [0.2, 0.25) is 0 Å². The van der Waals surface area contributed by atoms with Crippen molar-refractivity contribution in [2.45, 2.75) is 18.7 Å². The highest BCUT2D eigenvalue weighted by molar-refractivity contribution is 6.17. The molecule has 0 aromatic heterocycles. The predicted octanol–water partition coefficient (Wildman–Crippen LogP) is 2.95. The second-order valence-corrected chi connectivity index (χ2v) is 3.77. The van der Waals surface area contributed by atoms with Gasteiger partial charge in [0.25, 0.3) is 6.43 Å². The quantitative estimate of drug-likeness (QED) is 0.626. The van der Waals surface area contributed by atoms with Crippen molar-refractivity contribution in [2.24, 2.45) is 0 Å². The molecule has 0 amide bonds. The lowest BCUT2D eigenvalue weighted by Gasteiger charge is -2.11. The maximum atomic E-state index is 12.9. The van der Waals surface area contributed by atoms with Crippen LogP contribution in [0.5, 0.6) is 0 Å². The fourth-order valence-corrected chi connectivity index (χ4v) is 1.73. The van der Waals surface area contributed by atoms with E-state index in [4.69, 9.17) is 16.9 Å². The fourth-order valence-electron chi connectivity index (χ4n) is 1.51. The molecule has 0 saturated heterocycles. The third kappa shape index (κ3) is 3.17. The summed E-state index contributed by atoms with van der Waals surface area (Å²) in [5.74, 6) is -0.680. The first-order chi connectivity index (χ1) is 8.53. The normalized spacial score (nSPS) is 10.2. The number of halogens is 3. The van der Waals surface area contributed by atoms with Crippen LogP contribution in [0.2, 0.25) is 0 Å². The molecule has 0 aliphatic rings. The molecule has 96 valence electrons. The first-order valence-corrected chi connectivity index (χ1v) is 5.53. The summed E-state index contributed by atoms with van der Waals surface area (Å²) in [6.45, 7) is 0. The zero-order valence-corrected chi connectivity index (χ0v) is 10.3. The van der Waals surface area contributed by atoms with Gasteiger partial charge in [0.05, 0.1) is 25.2 Å². The van der Waals surface area contributed by atoms with Crippen LogP contribution in [0, 0.1) is 11.3 Å². The van der Waals surface area contributed by atoms with Gasteiger partial charge in [-0.25, -0.2) is 8.78 Å². The zero-order chi connectivity index (χ0) is 13.7. The van der Waals surface area contributed by atoms with Gasteiger partial charge in [0.1, 0.15) is 0 Å². The minimum absolute atomic E-state index is 0.0406. The number of benzene rings is 1. The van der Waals surface area contributed by atoms with Crippen LogP contribution in [-0.2, 0) is 21.8 Å². The van der Waals surface area contributed by atoms with E-state index in [0.717, 1.165) is 6.07 Å². The molecule has 18 heavy (non-hydrogen) atoms. The molecule has 0 spiro atoms. The molecule has 0 aliphatic carbocycles. The Bertz CT molecular complexity index is 498. The molecular weight excluding hydrogens is 264 g/mol. The van der Waals surface area contributed by atoms with Crippen molar-refractivity contribution in [1.82, 2.24) is 0 Å². The van der Waals surface area contributed by atoms with Gasteiger partial charge < -0.3 is 4.74 Å². The molecule has 0 N–H and O–H groups in total. The Kier molecular flexibility index (Phi) is 5.05. The molecule has 0 atom stereocenters. The summed E-state index contributed by atoms with van der Waals surface area (Å²) < 4.78 is 30.1. The summed E-state index contributed by atoms with van der Waals surface area (Å²) in [7, 11) is 1.17. The van der Waals surface area contributed by atoms with Gasteiger partial charge in [-0.1, -0.05) is 0 Å². The Morgan fingerprint density at radius 3 is 2.61 bits per heavy atom. The molecule has 0 heterocycles. The lowest BCUT2D eigenvalue weighted by molar-refractivity contribution is -0.139. The predicted molar refractivity (Wildman–Crippen MR) is 61.4 cm³/mol. The molecule has 1 rings (SSSR count). The smallest absolute Gasteiger partial charge is 0.309 e. The molecule has 6 heteroatoms. The van der Waals surface area contributed by atoms with Crippen LogP contribution in [0.1, 0.15) is 28.7 Å². The van der Waals surface area contributed by atoms with Crippen LogP contribution in [0.15, 0.2) is 12.1 Å². The van der Waals surface area contributed by atoms with E-state index in [9.17, 15) is 13.6 Å². The standard InChI is InChI=1S/C12H10ClF2NO2/c1-18-11(17)4-7-2-9(6-16)8(5-13)3-10(7)12(14)15/h2-3,12H,4-5H2,1H3. The van der Waals surface area contributed by atoms with Gasteiger partial charge in [-0.05, 0) is 23.3 Å². The Hall–Kier alpha value is -1.67. The number of ether oxygens (including phenoxy) is 1. The van der Waals surface area contributed by atoms with E-state index in [2.05, 4.69) is 4.74 Å². The molecule has 0 saturated carbocycles. The Morgan fingerprint density at radius 2 is 2.17 bits per heavy atom. The van der Waals surface area contributed by atoms with Crippen molar-refractivity contribution in [3.63, 3.8) is 0 Å². The van der Waals surface area contributed by atoms with E-state index < -0.39 is 12.4 Å². The minimum atomic E-state index is -2.74. The molecule has 0 unspecified atom stereocenters. The first kappa shape index (κ1) is 14.4.